The molecule has 0 N–H and O–H groups in total. The molecular formula is C30H56Cl2N2Ti-2. The van der Waals surface area contributed by atoms with Crippen molar-refractivity contribution in [3.8, 4) is 0 Å². The predicted molar refractivity (Wildman–Crippen MR) is 153 cm³/mol. The van der Waals surface area contributed by atoms with Gasteiger partial charge in [0, 0.05) is 0 Å². The minimum atomic E-state index is -0.556. The van der Waals surface area contributed by atoms with Gasteiger partial charge in [-0.1, -0.05) is 155 Å². The quantitative estimate of drug-likeness (QED) is 0.237. The zero-order valence-corrected chi connectivity index (χ0v) is 26.9. The van der Waals surface area contributed by atoms with Gasteiger partial charge in [-0.15, -0.1) is 12.1 Å². The van der Waals surface area contributed by atoms with Crippen LogP contribution in [-0.4, -0.2) is 24.2 Å². The first-order chi connectivity index (χ1) is 16.9. The molecule has 0 aromatic heterocycles. The monoisotopic (exact) mass is 562 g/mol. The molecule has 35 heavy (non-hydrogen) atoms. The van der Waals surface area contributed by atoms with Crippen LogP contribution in [0.2, 0.25) is 0 Å². The number of hydrogen-bond acceptors (Lipinski definition) is 0. The molecule has 3 fully saturated rings. The summed E-state index contributed by atoms with van der Waals surface area (Å²) in [6, 6.07) is 2.21. The second-order valence-electron chi connectivity index (χ2n) is 12.1. The molecule has 0 amide bonds. The van der Waals surface area contributed by atoms with Crippen LogP contribution in [0, 0.1) is 35.5 Å². The van der Waals surface area contributed by atoms with Crippen LogP contribution >= 0.6 is 18.6 Å². The predicted octanol–water partition coefficient (Wildman–Crippen LogP) is 10.9. The standard InChI is InChI=1S/C30H56N2.2ClH.Ti/c1-7-21(5)25-17-13-15-23(9-3)29(25)31-27-19-11-12-20-28(27)32-30-24(10-4)16-14-18-26(30)22(6)8-2;;;/h21-30H,7-20H2,1-6H3;2*1H;/q-2;;;+2/p-2. The Bertz CT molecular complexity index is 504. The van der Waals surface area contributed by atoms with Crippen molar-refractivity contribution in [2.45, 2.75) is 156 Å². The fourth-order valence-corrected chi connectivity index (χ4v) is 7.70. The van der Waals surface area contributed by atoms with Gasteiger partial charge in [0.1, 0.15) is 0 Å². The number of nitrogens with zero attached hydrogens (tertiary/aromatic N) is 2. The Kier molecular flexibility index (Phi) is 16.4. The summed E-state index contributed by atoms with van der Waals surface area (Å²) in [4.78, 5) is 0. The van der Waals surface area contributed by atoms with Crippen molar-refractivity contribution in [3.05, 3.63) is 10.6 Å². The minimum absolute atomic E-state index is 0.504. The van der Waals surface area contributed by atoms with Crippen molar-refractivity contribution >= 4 is 18.6 Å². The zero-order valence-electron chi connectivity index (χ0n) is 23.8. The first-order valence-electron chi connectivity index (χ1n) is 15.3. The molecule has 0 saturated heterocycles. The molecule has 3 saturated carbocycles. The molecule has 0 radical (unpaired) electrons. The molecular weight excluding hydrogens is 507 g/mol. The molecule has 0 bridgehead atoms. The molecule has 10 unspecified atom stereocenters. The summed E-state index contributed by atoms with van der Waals surface area (Å²) in [5, 5.41) is 11.6. The van der Waals surface area contributed by atoms with Crippen LogP contribution in [0.5, 0.6) is 0 Å². The number of halogens is 2. The molecule has 0 heterocycles. The Hall–Kier alpha value is 1.21. The van der Waals surface area contributed by atoms with Gasteiger partial charge < -0.3 is 10.6 Å². The molecule has 0 aromatic rings. The fourth-order valence-electron chi connectivity index (χ4n) is 7.70. The topological polar surface area (TPSA) is 28.2 Å². The first kappa shape index (κ1) is 32.4. The van der Waals surface area contributed by atoms with E-state index >= 15 is 0 Å². The molecule has 0 spiro atoms. The summed E-state index contributed by atoms with van der Waals surface area (Å²) >= 11 is -0.556. The van der Waals surface area contributed by atoms with Crippen LogP contribution in [0.3, 0.4) is 0 Å². The normalized spacial score (nSPS) is 37.6. The van der Waals surface area contributed by atoms with Gasteiger partial charge in [0.25, 0.3) is 0 Å². The molecule has 5 heteroatoms. The maximum absolute atomic E-state index is 5.79. The van der Waals surface area contributed by atoms with Crippen LogP contribution in [-0.2, 0) is 17.0 Å². The first-order valence-corrected chi connectivity index (χ1v) is 19.6. The summed E-state index contributed by atoms with van der Waals surface area (Å²) in [5.41, 5.74) is 0. The molecule has 3 aliphatic rings. The second kappa shape index (κ2) is 17.7. The van der Waals surface area contributed by atoms with Crippen molar-refractivity contribution in [1.29, 1.82) is 0 Å². The third-order valence-corrected chi connectivity index (χ3v) is 10.3. The van der Waals surface area contributed by atoms with Gasteiger partial charge >= 0.3 is 35.6 Å². The van der Waals surface area contributed by atoms with E-state index in [9.17, 15) is 0 Å². The van der Waals surface area contributed by atoms with Crippen molar-refractivity contribution in [2.75, 3.05) is 0 Å². The number of rotatable bonds is 10. The third-order valence-electron chi connectivity index (χ3n) is 10.3. The van der Waals surface area contributed by atoms with Crippen molar-refractivity contribution in [2.24, 2.45) is 35.5 Å². The van der Waals surface area contributed by atoms with E-state index in [1.54, 1.807) is 0 Å². The van der Waals surface area contributed by atoms with E-state index < -0.39 is 17.0 Å². The van der Waals surface area contributed by atoms with E-state index in [0.717, 1.165) is 35.5 Å². The van der Waals surface area contributed by atoms with Gasteiger partial charge in [-0.25, -0.2) is 0 Å². The Morgan fingerprint density at radius 2 is 1.00 bits per heavy atom. The van der Waals surface area contributed by atoms with Crippen LogP contribution in [0.15, 0.2) is 0 Å². The van der Waals surface area contributed by atoms with E-state index in [-0.39, 0.29) is 0 Å². The summed E-state index contributed by atoms with van der Waals surface area (Å²) in [6.07, 6.45) is 19.1. The van der Waals surface area contributed by atoms with Crippen LogP contribution in [0.4, 0.5) is 0 Å². The summed E-state index contributed by atoms with van der Waals surface area (Å²) < 4.78 is 0. The fraction of sp³-hybridized carbons (Fsp3) is 1.00. The van der Waals surface area contributed by atoms with Crippen molar-refractivity contribution < 1.29 is 17.0 Å². The van der Waals surface area contributed by atoms with Crippen LogP contribution < -0.4 is 0 Å². The van der Waals surface area contributed by atoms with Gasteiger partial charge in [0.15, 0.2) is 0 Å². The molecule has 3 rings (SSSR count). The van der Waals surface area contributed by atoms with Gasteiger partial charge in [-0.05, 0) is 11.8 Å². The summed E-state index contributed by atoms with van der Waals surface area (Å²) in [5.74, 6) is 4.89. The maximum atomic E-state index is 5.79. The average Bonchev–Trinajstić information content (AvgIpc) is 2.89. The van der Waals surface area contributed by atoms with E-state index in [4.69, 9.17) is 29.2 Å². The van der Waals surface area contributed by atoms with E-state index in [1.807, 2.05) is 0 Å². The zero-order chi connectivity index (χ0) is 25.8. The Morgan fingerprint density at radius 3 is 1.31 bits per heavy atom. The molecule has 0 aliphatic heterocycles. The van der Waals surface area contributed by atoms with Crippen molar-refractivity contribution in [1.82, 2.24) is 0 Å². The van der Waals surface area contributed by atoms with Gasteiger partial charge in [0.2, 0.25) is 0 Å². The number of hydrogen-bond donors (Lipinski definition) is 0. The SMILES string of the molecule is CCC(C)C1CCCC(CC)C1[N-]C1CCCCC1[N-]C1C(CC)CCCC1C(C)CC.[Cl][Ti][Cl]. The molecule has 206 valence electrons. The Morgan fingerprint density at radius 1 is 0.629 bits per heavy atom. The van der Waals surface area contributed by atoms with E-state index in [1.165, 1.54) is 89.9 Å². The van der Waals surface area contributed by atoms with Crippen LogP contribution in [0.1, 0.15) is 131 Å². The average molecular weight is 564 g/mol. The van der Waals surface area contributed by atoms with Gasteiger partial charge in [-0.2, -0.15) is 12.1 Å². The summed E-state index contributed by atoms with van der Waals surface area (Å²) in [6.45, 7) is 14.6. The molecule has 3 aliphatic carbocycles. The van der Waals surface area contributed by atoms with E-state index in [0.29, 0.717) is 24.2 Å². The van der Waals surface area contributed by atoms with Gasteiger partial charge in [0.05, 0.1) is 0 Å². The Balaban J connectivity index is 0.00000137. The summed E-state index contributed by atoms with van der Waals surface area (Å²) in [7, 11) is 9.78. The molecule has 10 atom stereocenters. The van der Waals surface area contributed by atoms with Gasteiger partial charge in [-0.3, -0.25) is 0 Å². The molecule has 0 aromatic carbocycles. The Labute approximate surface area is 236 Å². The second-order valence-corrected chi connectivity index (χ2v) is 14.6. The van der Waals surface area contributed by atoms with Crippen molar-refractivity contribution in [3.63, 3.8) is 0 Å². The molecule has 2 nitrogen and oxygen atoms in total. The van der Waals surface area contributed by atoms with E-state index in [2.05, 4.69) is 41.5 Å². The van der Waals surface area contributed by atoms with Crippen LogP contribution in [0.25, 0.3) is 10.6 Å². The third kappa shape index (κ3) is 9.42.